The van der Waals surface area contributed by atoms with Crippen molar-refractivity contribution in [1.29, 1.82) is 0 Å². The van der Waals surface area contributed by atoms with E-state index in [1.54, 1.807) is 0 Å². The van der Waals surface area contributed by atoms with Gasteiger partial charge in [0.1, 0.15) is 0 Å². The molecule has 0 unspecified atom stereocenters. The third-order valence-electron chi connectivity index (χ3n) is 5.06. The van der Waals surface area contributed by atoms with E-state index in [0.29, 0.717) is 17.9 Å². The molecule has 4 rings (SSSR count). The molecular weight excluding hydrogens is 258 g/mol. The Labute approximate surface area is 125 Å². The average molecular weight is 277 g/mol. The minimum Gasteiger partial charge on any atom is -0.335 e. The maximum absolute atomic E-state index is 12.7. The molecule has 1 heterocycles. The van der Waals surface area contributed by atoms with Crippen LogP contribution in [-0.2, 0) is 0 Å². The van der Waals surface area contributed by atoms with Gasteiger partial charge in [0.05, 0.1) is 0 Å². The van der Waals surface area contributed by atoms with Gasteiger partial charge < -0.3 is 4.90 Å². The topological polar surface area (TPSA) is 20.3 Å². The van der Waals surface area contributed by atoms with Gasteiger partial charge in [-0.25, -0.2) is 0 Å². The molecule has 0 radical (unpaired) electrons. The number of rotatable bonds is 2. The molecule has 0 spiro atoms. The molecule has 1 saturated carbocycles. The van der Waals surface area contributed by atoms with Gasteiger partial charge in [0, 0.05) is 24.1 Å². The Kier molecular flexibility index (Phi) is 3.03. The minimum absolute atomic E-state index is 0.198. The molecule has 1 aliphatic heterocycles. The van der Waals surface area contributed by atoms with E-state index in [9.17, 15) is 4.79 Å². The van der Waals surface area contributed by atoms with E-state index in [0.717, 1.165) is 18.5 Å². The summed E-state index contributed by atoms with van der Waals surface area (Å²) in [5.74, 6) is 1.41. The lowest BCUT2D eigenvalue weighted by atomic mass is 9.67. The van der Waals surface area contributed by atoms with Crippen molar-refractivity contribution >= 4 is 5.91 Å². The zero-order valence-corrected chi connectivity index (χ0v) is 12.0. The van der Waals surface area contributed by atoms with Crippen LogP contribution < -0.4 is 0 Å². The van der Waals surface area contributed by atoms with Gasteiger partial charge in [-0.05, 0) is 36.5 Å². The molecule has 2 fully saturated rings. The van der Waals surface area contributed by atoms with Gasteiger partial charge in [-0.3, -0.25) is 4.79 Å². The van der Waals surface area contributed by atoms with Crippen LogP contribution in [0.5, 0.6) is 0 Å². The van der Waals surface area contributed by atoms with E-state index in [2.05, 4.69) is 35.2 Å². The fourth-order valence-corrected chi connectivity index (χ4v) is 3.97. The van der Waals surface area contributed by atoms with Gasteiger partial charge in [0.15, 0.2) is 0 Å². The molecule has 2 aliphatic rings. The summed E-state index contributed by atoms with van der Waals surface area (Å²) < 4.78 is 0. The van der Waals surface area contributed by atoms with E-state index in [-0.39, 0.29) is 5.91 Å². The number of benzene rings is 2. The molecule has 2 nitrogen and oxygen atoms in total. The zero-order valence-electron chi connectivity index (χ0n) is 12.0. The highest BCUT2D eigenvalue weighted by Crippen LogP contribution is 2.50. The Morgan fingerprint density at radius 1 is 0.952 bits per heavy atom. The molecule has 0 aromatic heterocycles. The SMILES string of the molecule is O=C(c1ccccc1)N1CC[C@H]2C[C@@H](c3ccccc3)[C@H]21. The number of hydrogen-bond acceptors (Lipinski definition) is 1. The van der Waals surface area contributed by atoms with Crippen molar-refractivity contribution in [2.24, 2.45) is 5.92 Å². The molecule has 2 aromatic carbocycles. The summed E-state index contributed by atoms with van der Waals surface area (Å²) in [5, 5.41) is 0. The first-order valence-electron chi connectivity index (χ1n) is 7.75. The number of likely N-dealkylation sites (tertiary alicyclic amines) is 1. The van der Waals surface area contributed by atoms with Crippen molar-refractivity contribution in [3.63, 3.8) is 0 Å². The fourth-order valence-electron chi connectivity index (χ4n) is 3.97. The summed E-state index contributed by atoms with van der Waals surface area (Å²) in [4.78, 5) is 14.9. The molecule has 2 heteroatoms. The second-order valence-electron chi connectivity index (χ2n) is 6.16. The highest BCUT2D eigenvalue weighted by molar-refractivity contribution is 5.94. The first kappa shape index (κ1) is 12.6. The minimum atomic E-state index is 0.198. The van der Waals surface area contributed by atoms with Gasteiger partial charge in [-0.15, -0.1) is 0 Å². The molecule has 21 heavy (non-hydrogen) atoms. The summed E-state index contributed by atoms with van der Waals surface area (Å²) in [6.07, 6.45) is 2.39. The molecule has 1 aliphatic carbocycles. The lowest BCUT2D eigenvalue weighted by Crippen LogP contribution is -2.48. The predicted molar refractivity (Wildman–Crippen MR) is 83.2 cm³/mol. The first-order chi connectivity index (χ1) is 10.3. The smallest absolute Gasteiger partial charge is 0.254 e. The van der Waals surface area contributed by atoms with Crippen molar-refractivity contribution in [3.8, 4) is 0 Å². The van der Waals surface area contributed by atoms with Gasteiger partial charge in [-0.2, -0.15) is 0 Å². The summed E-state index contributed by atoms with van der Waals surface area (Å²) in [6.45, 7) is 0.909. The standard InChI is InChI=1S/C19H19NO/c21-19(15-9-5-2-6-10-15)20-12-11-16-13-17(18(16)20)14-7-3-1-4-8-14/h1-10,16-18H,11-13H2/t16-,17-,18-/m0/s1. The van der Waals surface area contributed by atoms with Crippen LogP contribution in [0.1, 0.15) is 34.7 Å². The van der Waals surface area contributed by atoms with Crippen LogP contribution in [0.15, 0.2) is 60.7 Å². The number of carbonyl (C=O) groups excluding carboxylic acids is 1. The van der Waals surface area contributed by atoms with E-state index in [1.165, 1.54) is 12.0 Å². The second kappa shape index (κ2) is 5.03. The Morgan fingerprint density at radius 3 is 2.33 bits per heavy atom. The van der Waals surface area contributed by atoms with E-state index >= 15 is 0 Å². The monoisotopic (exact) mass is 277 g/mol. The Balaban J connectivity index is 1.59. The molecule has 0 bridgehead atoms. The lowest BCUT2D eigenvalue weighted by Gasteiger charge is -2.44. The largest absolute Gasteiger partial charge is 0.335 e. The summed E-state index contributed by atoms with van der Waals surface area (Å²) >= 11 is 0. The maximum Gasteiger partial charge on any atom is 0.254 e. The van der Waals surface area contributed by atoms with Crippen LogP contribution in [0, 0.1) is 5.92 Å². The number of fused-ring (bicyclic) bond motifs is 1. The number of nitrogens with zero attached hydrogens (tertiary/aromatic N) is 1. The highest BCUT2D eigenvalue weighted by atomic mass is 16.2. The van der Waals surface area contributed by atoms with Crippen molar-refractivity contribution in [3.05, 3.63) is 71.8 Å². The number of amides is 1. The predicted octanol–water partition coefficient (Wildman–Crippen LogP) is 3.70. The van der Waals surface area contributed by atoms with Crippen molar-refractivity contribution in [2.45, 2.75) is 24.8 Å². The highest BCUT2D eigenvalue weighted by Gasteiger charge is 2.50. The van der Waals surface area contributed by atoms with Crippen LogP contribution in [0.2, 0.25) is 0 Å². The van der Waals surface area contributed by atoms with Crippen molar-refractivity contribution in [2.75, 3.05) is 6.54 Å². The van der Waals surface area contributed by atoms with Crippen LogP contribution in [0.4, 0.5) is 0 Å². The lowest BCUT2D eigenvalue weighted by molar-refractivity contribution is 0.0575. The van der Waals surface area contributed by atoms with E-state index in [1.807, 2.05) is 30.3 Å². The van der Waals surface area contributed by atoms with Crippen molar-refractivity contribution < 1.29 is 4.79 Å². The second-order valence-corrected chi connectivity index (χ2v) is 6.16. The average Bonchev–Trinajstić information content (AvgIpc) is 2.85. The molecular formula is C19H19NO. The zero-order chi connectivity index (χ0) is 14.2. The van der Waals surface area contributed by atoms with Crippen LogP contribution in [0.25, 0.3) is 0 Å². The molecule has 3 atom stereocenters. The quantitative estimate of drug-likeness (QED) is 0.819. The number of hydrogen-bond donors (Lipinski definition) is 0. The normalized spacial score (nSPS) is 27.0. The van der Waals surface area contributed by atoms with Gasteiger partial charge in [-0.1, -0.05) is 48.5 Å². The first-order valence-corrected chi connectivity index (χ1v) is 7.75. The van der Waals surface area contributed by atoms with Crippen LogP contribution in [-0.4, -0.2) is 23.4 Å². The fraction of sp³-hybridized carbons (Fsp3) is 0.316. The third kappa shape index (κ3) is 2.06. The van der Waals surface area contributed by atoms with Crippen LogP contribution >= 0.6 is 0 Å². The van der Waals surface area contributed by atoms with Gasteiger partial charge in [0.2, 0.25) is 0 Å². The maximum atomic E-state index is 12.7. The Hall–Kier alpha value is -2.09. The van der Waals surface area contributed by atoms with Crippen molar-refractivity contribution in [1.82, 2.24) is 4.90 Å². The van der Waals surface area contributed by atoms with Crippen LogP contribution in [0.3, 0.4) is 0 Å². The Morgan fingerprint density at radius 2 is 1.62 bits per heavy atom. The third-order valence-corrected chi connectivity index (χ3v) is 5.06. The summed E-state index contributed by atoms with van der Waals surface area (Å²) in [5.41, 5.74) is 2.20. The molecule has 106 valence electrons. The van der Waals surface area contributed by atoms with E-state index in [4.69, 9.17) is 0 Å². The molecule has 0 N–H and O–H groups in total. The van der Waals surface area contributed by atoms with E-state index < -0.39 is 0 Å². The molecule has 1 saturated heterocycles. The molecule has 1 amide bonds. The Bertz CT molecular complexity index is 637. The van der Waals surface area contributed by atoms with Gasteiger partial charge in [0.25, 0.3) is 5.91 Å². The summed E-state index contributed by atoms with van der Waals surface area (Å²) in [6, 6.07) is 20.7. The summed E-state index contributed by atoms with van der Waals surface area (Å²) in [7, 11) is 0. The van der Waals surface area contributed by atoms with Gasteiger partial charge >= 0.3 is 0 Å². The molecule has 2 aromatic rings. The number of carbonyl (C=O) groups is 1.